The molecule has 0 saturated carbocycles. The summed E-state index contributed by atoms with van der Waals surface area (Å²) in [6.45, 7) is 2.67. The number of ether oxygens (including phenoxy) is 2. The van der Waals surface area contributed by atoms with Crippen molar-refractivity contribution in [1.29, 1.82) is 0 Å². The van der Waals surface area contributed by atoms with Gasteiger partial charge in [-0.2, -0.15) is 0 Å². The van der Waals surface area contributed by atoms with E-state index in [4.69, 9.17) is 44.9 Å². The highest BCUT2D eigenvalue weighted by atomic mass is 127. The summed E-state index contributed by atoms with van der Waals surface area (Å²) in [5.74, 6) is 1.02. The maximum atomic E-state index is 13.3. The number of amides is 1. The van der Waals surface area contributed by atoms with Gasteiger partial charge in [-0.05, 0) is 95.3 Å². The van der Waals surface area contributed by atoms with Gasteiger partial charge in [-0.25, -0.2) is 0 Å². The first-order valence-electron chi connectivity index (χ1n) is 10.7. The van der Waals surface area contributed by atoms with E-state index in [1.54, 1.807) is 24.1 Å². The van der Waals surface area contributed by atoms with Crippen molar-refractivity contribution in [3.05, 3.63) is 91.1 Å². The Labute approximate surface area is 233 Å². The summed E-state index contributed by atoms with van der Waals surface area (Å²) in [5, 5.41) is 1.39. The molecule has 180 valence electrons. The zero-order valence-corrected chi connectivity index (χ0v) is 23.4. The highest BCUT2D eigenvalue weighted by molar-refractivity contribution is 14.1. The number of carbonyl (C=O) groups is 1. The first-order chi connectivity index (χ1) is 16.8. The van der Waals surface area contributed by atoms with Crippen LogP contribution in [0.1, 0.15) is 18.1 Å². The van der Waals surface area contributed by atoms with Crippen LogP contribution in [0.4, 0.5) is 5.69 Å². The third kappa shape index (κ3) is 5.58. The van der Waals surface area contributed by atoms with E-state index in [0.717, 1.165) is 20.4 Å². The number of nitrogens with zero attached hydrogens (tertiary/aromatic N) is 2. The molecule has 1 aliphatic heterocycles. The number of rotatable bonds is 7. The molecule has 3 aromatic carbocycles. The Kier molecular flexibility index (Phi) is 8.21. The second-order valence-corrected chi connectivity index (χ2v) is 9.99. The summed E-state index contributed by atoms with van der Waals surface area (Å²) in [6, 6.07) is 18.5. The quantitative estimate of drug-likeness (QED) is 0.156. The lowest BCUT2D eigenvalue weighted by molar-refractivity contribution is -0.114. The van der Waals surface area contributed by atoms with Crippen molar-refractivity contribution in [1.82, 2.24) is 4.90 Å². The van der Waals surface area contributed by atoms with Gasteiger partial charge in [0.25, 0.3) is 5.91 Å². The van der Waals surface area contributed by atoms with Gasteiger partial charge in [0, 0.05) is 7.05 Å². The topological polar surface area (TPSA) is 42.0 Å². The summed E-state index contributed by atoms with van der Waals surface area (Å²) in [7, 11) is 1.79. The summed E-state index contributed by atoms with van der Waals surface area (Å²) in [5.41, 5.74) is 2.89. The third-order valence-electron chi connectivity index (χ3n) is 5.28. The van der Waals surface area contributed by atoms with E-state index in [9.17, 15) is 4.79 Å². The Morgan fingerprint density at radius 2 is 1.77 bits per heavy atom. The standard InChI is InChI=1S/C26H21Cl2IN2O3S/c1-3-33-23-14-17(12-21(29)24(23)34-15-16-9-10-19(27)20(28)11-16)13-22-25(32)31(26(35)30(22)2)18-7-5-4-6-8-18/h4-14H,3,15H2,1-2H3/b22-13-. The normalized spacial score (nSPS) is 14.7. The summed E-state index contributed by atoms with van der Waals surface area (Å²) in [6.07, 6.45) is 1.81. The van der Waals surface area contributed by atoms with E-state index >= 15 is 0 Å². The maximum Gasteiger partial charge on any atom is 0.281 e. The monoisotopic (exact) mass is 638 g/mol. The zero-order chi connectivity index (χ0) is 25.1. The molecule has 1 aliphatic rings. The molecule has 5 nitrogen and oxygen atoms in total. The lowest BCUT2D eigenvalue weighted by atomic mass is 10.1. The van der Waals surface area contributed by atoms with E-state index < -0.39 is 0 Å². The van der Waals surface area contributed by atoms with Gasteiger partial charge in [-0.15, -0.1) is 0 Å². The molecular weight excluding hydrogens is 618 g/mol. The van der Waals surface area contributed by atoms with Crippen molar-refractivity contribution in [2.24, 2.45) is 0 Å². The number of benzene rings is 3. The molecule has 3 aromatic rings. The molecule has 4 rings (SSSR count). The fourth-order valence-corrected chi connectivity index (χ4v) is 4.97. The van der Waals surface area contributed by atoms with E-state index in [1.165, 1.54) is 4.90 Å². The van der Waals surface area contributed by atoms with Crippen LogP contribution in [0.3, 0.4) is 0 Å². The van der Waals surface area contributed by atoms with Crippen LogP contribution in [0.15, 0.2) is 66.4 Å². The lowest BCUT2D eigenvalue weighted by Crippen LogP contribution is -2.30. The smallest absolute Gasteiger partial charge is 0.281 e. The minimum absolute atomic E-state index is 0.184. The van der Waals surface area contributed by atoms with Crippen molar-refractivity contribution in [3.8, 4) is 11.5 Å². The van der Waals surface area contributed by atoms with Crippen LogP contribution < -0.4 is 14.4 Å². The molecule has 1 saturated heterocycles. The zero-order valence-electron chi connectivity index (χ0n) is 18.9. The predicted molar refractivity (Wildman–Crippen MR) is 153 cm³/mol. The van der Waals surface area contributed by atoms with Gasteiger partial charge < -0.3 is 14.4 Å². The van der Waals surface area contributed by atoms with Crippen LogP contribution in [-0.4, -0.2) is 29.6 Å². The number of hydrogen-bond donors (Lipinski definition) is 0. The van der Waals surface area contributed by atoms with Crippen molar-refractivity contribution >= 4 is 80.8 Å². The number of hydrogen-bond acceptors (Lipinski definition) is 4. The molecule has 0 aromatic heterocycles. The Balaban J connectivity index is 1.63. The molecule has 1 heterocycles. The Hall–Kier alpha value is -2.33. The van der Waals surface area contributed by atoms with Crippen molar-refractivity contribution < 1.29 is 14.3 Å². The summed E-state index contributed by atoms with van der Waals surface area (Å²) >= 11 is 19.9. The average molecular weight is 639 g/mol. The molecule has 1 fully saturated rings. The SMILES string of the molecule is CCOc1cc(/C=C2/C(=O)N(c3ccccc3)C(=S)N2C)cc(I)c1OCc1ccc(Cl)c(Cl)c1. The summed E-state index contributed by atoms with van der Waals surface area (Å²) in [4.78, 5) is 16.5. The fourth-order valence-electron chi connectivity index (χ4n) is 3.58. The largest absolute Gasteiger partial charge is 0.490 e. The Morgan fingerprint density at radius 3 is 2.46 bits per heavy atom. The second kappa shape index (κ2) is 11.2. The molecule has 0 aliphatic carbocycles. The highest BCUT2D eigenvalue weighted by Crippen LogP contribution is 2.37. The van der Waals surface area contributed by atoms with Gasteiger partial charge in [0.15, 0.2) is 16.6 Å². The van der Waals surface area contributed by atoms with E-state index in [2.05, 4.69) is 22.6 Å². The fraction of sp³-hybridized carbons (Fsp3) is 0.154. The van der Waals surface area contributed by atoms with E-state index in [-0.39, 0.29) is 5.91 Å². The molecule has 0 atom stereocenters. The Bertz CT molecular complexity index is 1320. The van der Waals surface area contributed by atoms with Gasteiger partial charge in [0.1, 0.15) is 12.3 Å². The number of para-hydroxylation sites is 1. The molecule has 0 bridgehead atoms. The Morgan fingerprint density at radius 1 is 1.03 bits per heavy atom. The predicted octanol–water partition coefficient (Wildman–Crippen LogP) is 7.18. The van der Waals surface area contributed by atoms with Crippen LogP contribution in [-0.2, 0) is 11.4 Å². The first kappa shape index (κ1) is 25.8. The number of likely N-dealkylation sites (N-methyl/N-ethyl adjacent to an activating group) is 1. The molecule has 9 heteroatoms. The van der Waals surface area contributed by atoms with Gasteiger partial charge in [-0.3, -0.25) is 9.69 Å². The van der Waals surface area contributed by atoms with Crippen molar-refractivity contribution in [2.45, 2.75) is 13.5 Å². The maximum absolute atomic E-state index is 13.3. The van der Waals surface area contributed by atoms with Crippen molar-refractivity contribution in [2.75, 3.05) is 18.6 Å². The van der Waals surface area contributed by atoms with Crippen LogP contribution in [0.5, 0.6) is 11.5 Å². The minimum Gasteiger partial charge on any atom is -0.490 e. The van der Waals surface area contributed by atoms with Gasteiger partial charge in [0.2, 0.25) is 0 Å². The number of carbonyl (C=O) groups excluding carboxylic acids is 1. The highest BCUT2D eigenvalue weighted by Gasteiger charge is 2.36. The van der Waals surface area contributed by atoms with Crippen LogP contribution in [0, 0.1) is 3.57 Å². The molecule has 0 spiro atoms. The van der Waals surface area contributed by atoms with Crippen LogP contribution in [0.2, 0.25) is 10.0 Å². The third-order valence-corrected chi connectivity index (χ3v) is 7.28. The first-order valence-corrected chi connectivity index (χ1v) is 13.0. The lowest BCUT2D eigenvalue weighted by Gasteiger charge is -2.16. The van der Waals surface area contributed by atoms with Gasteiger partial charge in [-0.1, -0.05) is 47.5 Å². The molecule has 35 heavy (non-hydrogen) atoms. The van der Waals surface area contributed by atoms with Gasteiger partial charge >= 0.3 is 0 Å². The second-order valence-electron chi connectivity index (χ2n) is 7.65. The minimum atomic E-state index is -0.184. The van der Waals surface area contributed by atoms with E-state index in [1.807, 2.05) is 61.5 Å². The number of anilines is 1. The van der Waals surface area contributed by atoms with Gasteiger partial charge in [0.05, 0.1) is 25.9 Å². The average Bonchev–Trinajstić information content (AvgIpc) is 3.04. The molecular formula is C26H21Cl2IN2O3S. The number of thiocarbonyl (C=S) groups is 1. The van der Waals surface area contributed by atoms with Crippen molar-refractivity contribution in [3.63, 3.8) is 0 Å². The number of halogens is 3. The van der Waals surface area contributed by atoms with E-state index in [0.29, 0.717) is 45.6 Å². The molecule has 0 N–H and O–H groups in total. The molecule has 1 amide bonds. The molecule has 0 unspecified atom stereocenters. The molecule has 0 radical (unpaired) electrons. The van der Waals surface area contributed by atoms with Crippen LogP contribution in [0.25, 0.3) is 6.08 Å². The van der Waals surface area contributed by atoms with Crippen LogP contribution >= 0.6 is 58.0 Å². The summed E-state index contributed by atoms with van der Waals surface area (Å²) < 4.78 is 12.8.